The van der Waals surface area contributed by atoms with Gasteiger partial charge in [-0.15, -0.1) is 0 Å². The third-order valence-corrected chi connectivity index (χ3v) is 3.37. The fraction of sp³-hybridized carbons (Fsp3) is 0.846. The van der Waals surface area contributed by atoms with Crippen LogP contribution >= 0.6 is 0 Å². The highest BCUT2D eigenvalue weighted by Crippen LogP contribution is 2.49. The molecule has 98 valence electrons. The van der Waals surface area contributed by atoms with Crippen molar-refractivity contribution in [2.45, 2.75) is 58.9 Å². The largest absolute Gasteiger partial charge is 0.480 e. The molecule has 0 aromatic heterocycles. The quantitative estimate of drug-likeness (QED) is 0.718. The molecule has 1 aliphatic carbocycles. The van der Waals surface area contributed by atoms with Gasteiger partial charge >= 0.3 is 5.97 Å². The van der Waals surface area contributed by atoms with Crippen LogP contribution in [0.25, 0.3) is 0 Å². The topological polar surface area (TPSA) is 66.4 Å². The van der Waals surface area contributed by atoms with Crippen molar-refractivity contribution in [2.24, 2.45) is 11.3 Å². The van der Waals surface area contributed by atoms with E-state index in [1.807, 2.05) is 13.8 Å². The Morgan fingerprint density at radius 2 is 1.94 bits per heavy atom. The normalized spacial score (nSPS) is 18.8. The van der Waals surface area contributed by atoms with Gasteiger partial charge in [0.15, 0.2) is 0 Å². The van der Waals surface area contributed by atoms with Gasteiger partial charge in [-0.2, -0.15) is 0 Å². The molecule has 0 aliphatic heterocycles. The van der Waals surface area contributed by atoms with Gasteiger partial charge < -0.3 is 10.4 Å². The van der Waals surface area contributed by atoms with E-state index < -0.39 is 12.0 Å². The number of carbonyl (C=O) groups is 2. The van der Waals surface area contributed by atoms with Crippen molar-refractivity contribution in [1.29, 1.82) is 0 Å². The zero-order chi connectivity index (χ0) is 13.1. The lowest BCUT2D eigenvalue weighted by Crippen LogP contribution is -2.45. The number of carboxylic acid groups (broad SMARTS) is 1. The smallest absolute Gasteiger partial charge is 0.326 e. The second kappa shape index (κ2) is 5.52. The molecule has 0 aromatic carbocycles. The maximum atomic E-state index is 12.0. The molecule has 1 saturated carbocycles. The van der Waals surface area contributed by atoms with Gasteiger partial charge in [-0.1, -0.05) is 27.2 Å². The zero-order valence-corrected chi connectivity index (χ0v) is 11.0. The average molecular weight is 241 g/mol. The number of nitrogens with one attached hydrogen (secondary N) is 1. The third-order valence-electron chi connectivity index (χ3n) is 3.37. The highest BCUT2D eigenvalue weighted by molar-refractivity contribution is 5.89. The summed E-state index contributed by atoms with van der Waals surface area (Å²) in [6.07, 6.45) is 4.13. The molecule has 1 atom stereocenters. The molecule has 0 heterocycles. The Balaban J connectivity index is 2.55. The van der Waals surface area contributed by atoms with Crippen molar-refractivity contribution >= 4 is 11.9 Å². The molecule has 2 N–H and O–H groups in total. The first kappa shape index (κ1) is 14.0. The first-order chi connectivity index (χ1) is 7.91. The van der Waals surface area contributed by atoms with Crippen LogP contribution in [0.1, 0.15) is 52.9 Å². The van der Waals surface area contributed by atoms with E-state index in [0.29, 0.717) is 6.42 Å². The summed E-state index contributed by atoms with van der Waals surface area (Å²) in [5.74, 6) is -0.732. The Morgan fingerprint density at radius 1 is 1.35 bits per heavy atom. The summed E-state index contributed by atoms with van der Waals surface area (Å²) in [4.78, 5) is 23.1. The van der Waals surface area contributed by atoms with Crippen molar-refractivity contribution in [3.63, 3.8) is 0 Å². The Kier molecular flexibility index (Phi) is 4.54. The molecular formula is C13H23NO3. The molecule has 0 spiro atoms. The highest BCUT2D eigenvalue weighted by Gasteiger charge is 2.49. The Morgan fingerprint density at radius 3 is 2.29 bits per heavy atom. The van der Waals surface area contributed by atoms with E-state index in [1.165, 1.54) is 0 Å². The van der Waals surface area contributed by atoms with Gasteiger partial charge in [-0.05, 0) is 31.6 Å². The minimum atomic E-state index is -0.931. The number of carbonyl (C=O) groups excluding carboxylic acids is 1. The van der Waals surface area contributed by atoms with Gasteiger partial charge in [0.25, 0.3) is 0 Å². The summed E-state index contributed by atoms with van der Waals surface area (Å²) < 4.78 is 0. The summed E-state index contributed by atoms with van der Waals surface area (Å²) in [6, 6.07) is -0.739. The molecule has 0 unspecified atom stereocenters. The maximum absolute atomic E-state index is 12.0. The summed E-state index contributed by atoms with van der Waals surface area (Å²) in [6.45, 7) is 5.97. The van der Waals surface area contributed by atoms with E-state index in [4.69, 9.17) is 5.11 Å². The molecule has 4 heteroatoms. The molecule has 1 rings (SSSR count). The van der Waals surface area contributed by atoms with E-state index in [0.717, 1.165) is 25.7 Å². The second-order valence-electron chi connectivity index (χ2n) is 5.52. The number of hydrogen-bond acceptors (Lipinski definition) is 2. The first-order valence-corrected chi connectivity index (χ1v) is 6.45. The molecule has 1 fully saturated rings. The third kappa shape index (κ3) is 3.72. The van der Waals surface area contributed by atoms with Crippen molar-refractivity contribution in [2.75, 3.05) is 0 Å². The monoisotopic (exact) mass is 241 g/mol. The number of rotatable bonds is 7. The second-order valence-corrected chi connectivity index (χ2v) is 5.52. The number of hydrogen-bond donors (Lipinski definition) is 2. The molecular weight excluding hydrogens is 218 g/mol. The number of aliphatic carboxylic acids is 1. The lowest BCUT2D eigenvalue weighted by atomic mass is 9.97. The number of amides is 1. The average Bonchev–Trinajstić information content (AvgIpc) is 2.97. The van der Waals surface area contributed by atoms with Crippen molar-refractivity contribution in [3.8, 4) is 0 Å². The van der Waals surface area contributed by atoms with E-state index in [-0.39, 0.29) is 17.2 Å². The minimum absolute atomic E-state index is 0.0626. The van der Waals surface area contributed by atoms with Crippen LogP contribution in [0.2, 0.25) is 0 Å². The van der Waals surface area contributed by atoms with E-state index in [2.05, 4.69) is 12.2 Å². The standard InChI is InChI=1S/C13H23NO3/c1-4-5-13(6-7-13)12(17)14-10(11(15)16)8-9(2)3/h9-10H,4-8H2,1-3H3,(H,14,17)(H,15,16)/t10-/m1/s1. The summed E-state index contributed by atoms with van der Waals surface area (Å²) >= 11 is 0. The Labute approximate surface area is 103 Å². The Hall–Kier alpha value is -1.06. The van der Waals surface area contributed by atoms with Gasteiger partial charge in [0, 0.05) is 5.41 Å². The van der Waals surface area contributed by atoms with E-state index in [9.17, 15) is 9.59 Å². The highest BCUT2D eigenvalue weighted by atomic mass is 16.4. The lowest BCUT2D eigenvalue weighted by molar-refractivity contribution is -0.143. The van der Waals surface area contributed by atoms with Crippen LogP contribution in [0.15, 0.2) is 0 Å². The van der Waals surface area contributed by atoms with Gasteiger partial charge in [0.1, 0.15) is 6.04 Å². The van der Waals surface area contributed by atoms with Crippen molar-refractivity contribution < 1.29 is 14.7 Å². The van der Waals surface area contributed by atoms with Crippen LogP contribution in [-0.4, -0.2) is 23.0 Å². The summed E-state index contributed by atoms with van der Waals surface area (Å²) in [5, 5.41) is 11.8. The molecule has 0 aromatic rings. The first-order valence-electron chi connectivity index (χ1n) is 6.45. The van der Waals surface area contributed by atoms with Gasteiger partial charge in [0.2, 0.25) is 5.91 Å². The molecule has 0 bridgehead atoms. The SMILES string of the molecule is CCCC1(C(=O)N[C@H](CC(C)C)C(=O)O)CC1. The maximum Gasteiger partial charge on any atom is 0.326 e. The zero-order valence-electron chi connectivity index (χ0n) is 11.0. The Bertz CT molecular complexity index is 295. The summed E-state index contributed by atoms with van der Waals surface area (Å²) in [5.41, 5.74) is -0.251. The van der Waals surface area contributed by atoms with Crippen LogP contribution < -0.4 is 5.32 Å². The molecule has 0 saturated heterocycles. The predicted octanol–water partition coefficient (Wildman–Crippen LogP) is 2.18. The van der Waals surface area contributed by atoms with Crippen LogP contribution in [0.5, 0.6) is 0 Å². The van der Waals surface area contributed by atoms with Crippen molar-refractivity contribution in [1.82, 2.24) is 5.32 Å². The molecule has 17 heavy (non-hydrogen) atoms. The van der Waals surface area contributed by atoms with Gasteiger partial charge in [-0.25, -0.2) is 4.79 Å². The molecule has 1 amide bonds. The van der Waals surface area contributed by atoms with E-state index in [1.54, 1.807) is 0 Å². The van der Waals surface area contributed by atoms with E-state index >= 15 is 0 Å². The molecule has 0 radical (unpaired) electrons. The van der Waals surface area contributed by atoms with Gasteiger partial charge in [-0.3, -0.25) is 4.79 Å². The predicted molar refractivity (Wildman–Crippen MR) is 65.6 cm³/mol. The van der Waals surface area contributed by atoms with Crippen LogP contribution in [0, 0.1) is 11.3 Å². The fourth-order valence-electron chi connectivity index (χ4n) is 2.22. The van der Waals surface area contributed by atoms with Crippen LogP contribution in [0.4, 0.5) is 0 Å². The lowest BCUT2D eigenvalue weighted by Gasteiger charge is -2.20. The molecule has 1 aliphatic rings. The fourth-order valence-corrected chi connectivity index (χ4v) is 2.22. The minimum Gasteiger partial charge on any atom is -0.480 e. The van der Waals surface area contributed by atoms with Crippen LogP contribution in [-0.2, 0) is 9.59 Å². The number of carboxylic acids is 1. The van der Waals surface area contributed by atoms with Gasteiger partial charge in [0.05, 0.1) is 0 Å². The molecule has 4 nitrogen and oxygen atoms in total. The summed E-state index contributed by atoms with van der Waals surface area (Å²) in [7, 11) is 0. The van der Waals surface area contributed by atoms with Crippen molar-refractivity contribution in [3.05, 3.63) is 0 Å². The van der Waals surface area contributed by atoms with Crippen LogP contribution in [0.3, 0.4) is 0 Å².